The first kappa shape index (κ1) is 18.6. The van der Waals surface area contributed by atoms with Gasteiger partial charge in [-0.25, -0.2) is 14.1 Å². The molecule has 1 heterocycles. The number of nitrogens with zero attached hydrogens (tertiary/aromatic N) is 3. The molecule has 0 bridgehead atoms. The highest BCUT2D eigenvalue weighted by Crippen LogP contribution is 2.31. The topological polar surface area (TPSA) is 50.9 Å². The molecule has 0 aliphatic heterocycles. The largest absolute Gasteiger partial charge is 0.390 e. The minimum Gasteiger partial charge on any atom is -0.390 e. The van der Waals surface area contributed by atoms with Crippen LogP contribution in [0.25, 0.3) is 0 Å². The van der Waals surface area contributed by atoms with Crippen LogP contribution in [0, 0.1) is 11.2 Å². The van der Waals surface area contributed by atoms with Crippen molar-refractivity contribution in [2.24, 2.45) is 5.41 Å². The molecule has 1 aromatic carbocycles. The van der Waals surface area contributed by atoms with E-state index in [1.807, 2.05) is 32.9 Å². The number of unbranched alkanes of at least 4 members (excludes halogenated alkanes) is 2. The molecule has 2 rings (SSSR count). The summed E-state index contributed by atoms with van der Waals surface area (Å²) in [5.74, 6) is -0.189. The molecule has 0 spiro atoms. The van der Waals surface area contributed by atoms with E-state index in [-0.39, 0.29) is 17.3 Å². The minimum absolute atomic E-state index is 0.0571. The second kappa shape index (κ2) is 8.38. The number of hydrogen-bond donors (Lipinski definition) is 1. The zero-order valence-electron chi connectivity index (χ0n) is 14.8. The molecule has 0 amide bonds. The van der Waals surface area contributed by atoms with Crippen molar-refractivity contribution >= 4 is 0 Å². The van der Waals surface area contributed by atoms with Crippen LogP contribution in [0.4, 0.5) is 4.39 Å². The first-order chi connectivity index (χ1) is 11.4. The summed E-state index contributed by atoms with van der Waals surface area (Å²) in [4.78, 5) is 4.01. The first-order valence-electron chi connectivity index (χ1n) is 8.64. The standard InChI is InChI=1S/C19H28FN3O/c1-19(2,3)18(24)17(23-14-21-13-22-23)8-6-4-5-7-15-9-11-16(20)12-10-15/h9-14,17-18,24H,4-8H2,1-3H3. The predicted molar refractivity (Wildman–Crippen MR) is 93.1 cm³/mol. The van der Waals surface area contributed by atoms with Crippen LogP contribution in [0.2, 0.25) is 0 Å². The molecule has 0 saturated carbocycles. The number of halogens is 1. The number of aliphatic hydroxyl groups excluding tert-OH is 1. The number of aliphatic hydroxyl groups is 1. The Hall–Kier alpha value is -1.75. The monoisotopic (exact) mass is 333 g/mol. The van der Waals surface area contributed by atoms with Gasteiger partial charge in [-0.15, -0.1) is 0 Å². The molecule has 0 aliphatic carbocycles. The first-order valence-corrected chi connectivity index (χ1v) is 8.64. The van der Waals surface area contributed by atoms with E-state index in [1.54, 1.807) is 11.0 Å². The molecule has 1 N–H and O–H groups in total. The lowest BCUT2D eigenvalue weighted by molar-refractivity contribution is 0.00846. The zero-order chi connectivity index (χ0) is 17.6. The van der Waals surface area contributed by atoms with Crippen LogP contribution in [-0.2, 0) is 6.42 Å². The summed E-state index contributed by atoms with van der Waals surface area (Å²) in [5.41, 5.74) is 0.962. The van der Waals surface area contributed by atoms with Gasteiger partial charge in [-0.1, -0.05) is 45.7 Å². The van der Waals surface area contributed by atoms with Crippen molar-refractivity contribution in [2.75, 3.05) is 0 Å². The van der Waals surface area contributed by atoms with Crippen molar-refractivity contribution in [2.45, 2.75) is 65.0 Å². The van der Waals surface area contributed by atoms with Gasteiger partial charge in [0.2, 0.25) is 0 Å². The number of aromatic nitrogens is 3. The van der Waals surface area contributed by atoms with Crippen molar-refractivity contribution in [3.05, 3.63) is 48.3 Å². The number of rotatable bonds is 8. The highest BCUT2D eigenvalue weighted by atomic mass is 19.1. The fraction of sp³-hybridized carbons (Fsp3) is 0.579. The number of hydrogen-bond acceptors (Lipinski definition) is 3. The fourth-order valence-electron chi connectivity index (χ4n) is 2.91. The molecule has 132 valence electrons. The summed E-state index contributed by atoms with van der Waals surface area (Å²) in [5, 5.41) is 14.9. The quantitative estimate of drug-likeness (QED) is 0.738. The second-order valence-electron chi connectivity index (χ2n) is 7.48. The molecule has 0 saturated heterocycles. The van der Waals surface area contributed by atoms with Crippen LogP contribution in [-0.4, -0.2) is 26.0 Å². The predicted octanol–water partition coefficient (Wildman–Crippen LogP) is 4.17. The van der Waals surface area contributed by atoms with Gasteiger partial charge in [-0.3, -0.25) is 0 Å². The summed E-state index contributed by atoms with van der Waals surface area (Å²) in [6.07, 6.45) is 7.67. The van der Waals surface area contributed by atoms with Crippen molar-refractivity contribution in [3.8, 4) is 0 Å². The van der Waals surface area contributed by atoms with E-state index in [0.717, 1.165) is 32.1 Å². The van der Waals surface area contributed by atoms with Crippen molar-refractivity contribution in [1.82, 2.24) is 14.8 Å². The minimum atomic E-state index is -0.476. The molecule has 2 aromatic rings. The van der Waals surface area contributed by atoms with E-state index in [0.29, 0.717) is 0 Å². The molecular formula is C19H28FN3O. The van der Waals surface area contributed by atoms with Crippen molar-refractivity contribution < 1.29 is 9.50 Å². The Morgan fingerprint density at radius 3 is 2.42 bits per heavy atom. The molecule has 4 nitrogen and oxygen atoms in total. The molecule has 0 radical (unpaired) electrons. The molecule has 5 heteroatoms. The lowest BCUT2D eigenvalue weighted by Crippen LogP contribution is -2.35. The lowest BCUT2D eigenvalue weighted by Gasteiger charge is -2.33. The van der Waals surface area contributed by atoms with Crippen LogP contribution in [0.3, 0.4) is 0 Å². The Morgan fingerprint density at radius 2 is 1.83 bits per heavy atom. The SMILES string of the molecule is CC(C)(C)C(O)C(CCCCCc1ccc(F)cc1)n1cncn1. The second-order valence-corrected chi connectivity index (χ2v) is 7.48. The maximum Gasteiger partial charge on any atom is 0.137 e. The van der Waals surface area contributed by atoms with E-state index < -0.39 is 6.10 Å². The van der Waals surface area contributed by atoms with Gasteiger partial charge in [0.25, 0.3) is 0 Å². The molecule has 0 aliphatic rings. The van der Waals surface area contributed by atoms with Gasteiger partial charge in [-0.05, 0) is 42.4 Å². The normalized spacial score (nSPS) is 14.5. The maximum atomic E-state index is 12.9. The number of benzene rings is 1. The van der Waals surface area contributed by atoms with E-state index >= 15 is 0 Å². The van der Waals surface area contributed by atoms with E-state index in [9.17, 15) is 9.50 Å². The fourth-order valence-corrected chi connectivity index (χ4v) is 2.91. The van der Waals surface area contributed by atoms with Gasteiger partial charge >= 0.3 is 0 Å². The molecule has 1 aromatic heterocycles. The summed E-state index contributed by atoms with van der Waals surface area (Å²) >= 11 is 0. The van der Waals surface area contributed by atoms with E-state index in [1.165, 1.54) is 24.0 Å². The van der Waals surface area contributed by atoms with Gasteiger partial charge in [0, 0.05) is 0 Å². The summed E-state index contributed by atoms with van der Waals surface area (Å²) in [7, 11) is 0. The van der Waals surface area contributed by atoms with Crippen LogP contribution in [0.5, 0.6) is 0 Å². The third-order valence-corrected chi connectivity index (χ3v) is 4.41. The van der Waals surface area contributed by atoms with Crippen LogP contribution in [0.15, 0.2) is 36.9 Å². The lowest BCUT2D eigenvalue weighted by atomic mass is 9.83. The maximum absolute atomic E-state index is 12.9. The van der Waals surface area contributed by atoms with Crippen molar-refractivity contribution in [3.63, 3.8) is 0 Å². The average Bonchev–Trinajstić information content (AvgIpc) is 3.05. The average molecular weight is 333 g/mol. The molecule has 0 fully saturated rings. The van der Waals surface area contributed by atoms with Gasteiger partial charge in [0.05, 0.1) is 12.1 Å². The molecule has 2 atom stereocenters. The Bertz CT molecular complexity index is 590. The summed E-state index contributed by atoms with van der Waals surface area (Å²) in [6, 6.07) is 6.65. The Labute approximate surface area is 143 Å². The third-order valence-electron chi connectivity index (χ3n) is 4.41. The van der Waals surface area contributed by atoms with E-state index in [2.05, 4.69) is 10.1 Å². The Kier molecular flexibility index (Phi) is 6.49. The third kappa shape index (κ3) is 5.41. The smallest absolute Gasteiger partial charge is 0.137 e. The number of aryl methyl sites for hydroxylation is 1. The van der Waals surface area contributed by atoms with Gasteiger partial charge in [0.1, 0.15) is 18.5 Å². The Morgan fingerprint density at radius 1 is 1.12 bits per heavy atom. The van der Waals surface area contributed by atoms with Crippen LogP contribution in [0.1, 0.15) is 58.1 Å². The van der Waals surface area contributed by atoms with Crippen LogP contribution >= 0.6 is 0 Å². The van der Waals surface area contributed by atoms with Crippen molar-refractivity contribution in [1.29, 1.82) is 0 Å². The van der Waals surface area contributed by atoms with E-state index in [4.69, 9.17) is 0 Å². The van der Waals surface area contributed by atoms with Gasteiger partial charge in [-0.2, -0.15) is 5.10 Å². The molecule has 24 heavy (non-hydrogen) atoms. The Balaban J connectivity index is 1.81. The summed E-state index contributed by atoms with van der Waals surface area (Å²) < 4.78 is 14.7. The van der Waals surface area contributed by atoms with Gasteiger partial charge < -0.3 is 5.11 Å². The van der Waals surface area contributed by atoms with Gasteiger partial charge in [0.15, 0.2) is 0 Å². The highest BCUT2D eigenvalue weighted by Gasteiger charge is 2.31. The molecule has 2 unspecified atom stereocenters. The van der Waals surface area contributed by atoms with Crippen LogP contribution < -0.4 is 0 Å². The molecular weight excluding hydrogens is 305 g/mol. The highest BCUT2D eigenvalue weighted by molar-refractivity contribution is 5.15. The summed E-state index contributed by atoms with van der Waals surface area (Å²) in [6.45, 7) is 6.11. The zero-order valence-corrected chi connectivity index (χ0v) is 14.8.